The fraction of sp³-hybridized carbons (Fsp3) is 1.00. The molecule has 2 nitrogen and oxygen atoms in total. The molecule has 1 unspecified atom stereocenters. The fourth-order valence-electron chi connectivity index (χ4n) is 2.29. The van der Waals surface area contributed by atoms with Crippen LogP contribution in [0, 0.1) is 5.41 Å². The molecule has 2 atom stereocenters. The zero-order valence-electron chi connectivity index (χ0n) is 8.34. The van der Waals surface area contributed by atoms with E-state index in [0.29, 0.717) is 11.5 Å². The first-order valence-electron chi connectivity index (χ1n) is 4.91. The molecule has 2 aliphatic rings. The molecule has 2 fully saturated rings. The van der Waals surface area contributed by atoms with E-state index in [-0.39, 0.29) is 0 Å². The van der Waals surface area contributed by atoms with Crippen LogP contribution >= 0.6 is 0 Å². The van der Waals surface area contributed by atoms with Crippen molar-refractivity contribution in [3.63, 3.8) is 0 Å². The van der Waals surface area contributed by atoms with Crippen LogP contribution in [0.15, 0.2) is 0 Å². The third-order valence-corrected chi connectivity index (χ3v) is 3.39. The summed E-state index contributed by atoms with van der Waals surface area (Å²) in [5.41, 5.74) is 0.545. The molecule has 1 heterocycles. The van der Waals surface area contributed by atoms with Gasteiger partial charge in [0, 0.05) is 12.6 Å². The number of hydrogen-bond acceptors (Lipinski definition) is 2. The van der Waals surface area contributed by atoms with Crippen LogP contribution in [-0.2, 0) is 4.74 Å². The maximum atomic E-state index is 5.22. The van der Waals surface area contributed by atoms with Gasteiger partial charge >= 0.3 is 0 Å². The van der Waals surface area contributed by atoms with Gasteiger partial charge in [-0.3, -0.25) is 0 Å². The van der Waals surface area contributed by atoms with Crippen molar-refractivity contribution >= 4 is 0 Å². The molecule has 70 valence electrons. The molecule has 0 spiro atoms. The molecule has 2 rings (SSSR count). The Labute approximate surface area is 74.9 Å². The predicted octanol–water partition coefficient (Wildman–Crippen LogP) is 1.51. The normalized spacial score (nSPS) is 38.0. The van der Waals surface area contributed by atoms with Gasteiger partial charge in [0.05, 0.1) is 12.7 Å². The van der Waals surface area contributed by atoms with E-state index in [1.165, 1.54) is 12.8 Å². The summed E-state index contributed by atoms with van der Waals surface area (Å²) in [7, 11) is 2.23. The van der Waals surface area contributed by atoms with Crippen molar-refractivity contribution in [2.75, 3.05) is 20.2 Å². The second-order valence-electron chi connectivity index (χ2n) is 4.94. The predicted molar refractivity (Wildman–Crippen MR) is 49.2 cm³/mol. The highest BCUT2D eigenvalue weighted by atomic mass is 16.6. The quantitative estimate of drug-likeness (QED) is 0.595. The Morgan fingerprint density at radius 2 is 2.17 bits per heavy atom. The number of nitrogens with zero attached hydrogens (tertiary/aromatic N) is 1. The van der Waals surface area contributed by atoms with Gasteiger partial charge in [0.25, 0.3) is 0 Å². The Morgan fingerprint density at radius 1 is 1.50 bits per heavy atom. The first kappa shape index (κ1) is 8.52. The van der Waals surface area contributed by atoms with Gasteiger partial charge in [-0.1, -0.05) is 13.8 Å². The standard InChI is InChI=1S/C10H19NO/c1-10(2)5-4-9(10)11(3)6-8-7-12-8/h8-9H,4-7H2,1-3H3/t8-,9?/m1/s1. The molecule has 2 heteroatoms. The highest BCUT2D eigenvalue weighted by Crippen LogP contribution is 2.43. The summed E-state index contributed by atoms with van der Waals surface area (Å²) in [5, 5.41) is 0. The molecule has 0 amide bonds. The molecule has 0 N–H and O–H groups in total. The Hall–Kier alpha value is -0.0800. The Kier molecular flexibility index (Phi) is 1.92. The van der Waals surface area contributed by atoms with E-state index >= 15 is 0 Å². The molecule has 12 heavy (non-hydrogen) atoms. The first-order chi connectivity index (χ1) is 5.59. The highest BCUT2D eigenvalue weighted by molar-refractivity contribution is 4.95. The van der Waals surface area contributed by atoms with Crippen molar-refractivity contribution in [3.05, 3.63) is 0 Å². The molecule has 0 aromatic carbocycles. The van der Waals surface area contributed by atoms with Crippen LogP contribution in [0.3, 0.4) is 0 Å². The van der Waals surface area contributed by atoms with Gasteiger partial charge in [-0.2, -0.15) is 0 Å². The van der Waals surface area contributed by atoms with Crippen LogP contribution < -0.4 is 0 Å². The van der Waals surface area contributed by atoms with Crippen LogP contribution in [0.25, 0.3) is 0 Å². The van der Waals surface area contributed by atoms with E-state index in [4.69, 9.17) is 4.74 Å². The van der Waals surface area contributed by atoms with Gasteiger partial charge < -0.3 is 9.64 Å². The van der Waals surface area contributed by atoms with E-state index in [9.17, 15) is 0 Å². The zero-order valence-corrected chi connectivity index (χ0v) is 8.34. The van der Waals surface area contributed by atoms with Crippen molar-refractivity contribution in [1.82, 2.24) is 4.90 Å². The molecule has 1 aliphatic carbocycles. The lowest BCUT2D eigenvalue weighted by atomic mass is 9.66. The fourth-order valence-corrected chi connectivity index (χ4v) is 2.29. The minimum Gasteiger partial charge on any atom is -0.372 e. The highest BCUT2D eigenvalue weighted by Gasteiger charge is 2.42. The summed E-state index contributed by atoms with van der Waals surface area (Å²) in [6, 6.07) is 0.793. The Bertz CT molecular complexity index is 175. The van der Waals surface area contributed by atoms with Gasteiger partial charge in [-0.15, -0.1) is 0 Å². The number of rotatable bonds is 3. The minimum absolute atomic E-state index is 0.545. The second kappa shape index (κ2) is 2.71. The van der Waals surface area contributed by atoms with Gasteiger partial charge in [-0.05, 0) is 25.3 Å². The minimum atomic E-state index is 0.545. The van der Waals surface area contributed by atoms with Crippen molar-refractivity contribution in [2.45, 2.75) is 38.8 Å². The maximum absolute atomic E-state index is 5.22. The third-order valence-electron chi connectivity index (χ3n) is 3.39. The van der Waals surface area contributed by atoms with Crippen molar-refractivity contribution in [2.24, 2.45) is 5.41 Å². The number of ether oxygens (including phenoxy) is 1. The van der Waals surface area contributed by atoms with E-state index in [1.807, 2.05) is 0 Å². The Balaban J connectivity index is 1.82. The van der Waals surface area contributed by atoms with Crippen molar-refractivity contribution in [1.29, 1.82) is 0 Å². The summed E-state index contributed by atoms with van der Waals surface area (Å²) in [5.74, 6) is 0. The average Bonchev–Trinajstić information content (AvgIpc) is 2.69. The van der Waals surface area contributed by atoms with Gasteiger partial charge in [0.1, 0.15) is 0 Å². The molecule has 0 bridgehead atoms. The smallest absolute Gasteiger partial charge is 0.0936 e. The molecule has 1 saturated carbocycles. The van der Waals surface area contributed by atoms with Crippen LogP contribution in [0.5, 0.6) is 0 Å². The first-order valence-corrected chi connectivity index (χ1v) is 4.91. The lowest BCUT2D eigenvalue weighted by Gasteiger charge is -2.49. The summed E-state index contributed by atoms with van der Waals surface area (Å²) in [6.45, 7) is 6.85. The van der Waals surface area contributed by atoms with E-state index in [2.05, 4.69) is 25.8 Å². The van der Waals surface area contributed by atoms with Crippen molar-refractivity contribution in [3.8, 4) is 0 Å². The number of hydrogen-bond donors (Lipinski definition) is 0. The SMILES string of the molecule is CN(C[C@@H]1CO1)C1CCC1(C)C. The lowest BCUT2D eigenvalue weighted by Crippen LogP contribution is -2.51. The van der Waals surface area contributed by atoms with Gasteiger partial charge in [0.2, 0.25) is 0 Å². The topological polar surface area (TPSA) is 15.8 Å². The largest absolute Gasteiger partial charge is 0.372 e. The Morgan fingerprint density at radius 3 is 2.50 bits per heavy atom. The lowest BCUT2D eigenvalue weighted by molar-refractivity contribution is 0.0128. The second-order valence-corrected chi connectivity index (χ2v) is 4.94. The summed E-state index contributed by atoms with van der Waals surface area (Å²) >= 11 is 0. The molecule has 0 radical (unpaired) electrons. The van der Waals surface area contributed by atoms with Crippen LogP contribution in [-0.4, -0.2) is 37.2 Å². The molecule has 1 aliphatic heterocycles. The van der Waals surface area contributed by atoms with E-state index in [0.717, 1.165) is 19.2 Å². The molecule has 0 aromatic heterocycles. The monoisotopic (exact) mass is 169 g/mol. The zero-order chi connectivity index (χ0) is 8.77. The molecular weight excluding hydrogens is 150 g/mol. The summed E-state index contributed by atoms with van der Waals surface area (Å²) < 4.78 is 5.22. The summed E-state index contributed by atoms with van der Waals surface area (Å²) in [4.78, 5) is 2.47. The number of epoxide rings is 1. The van der Waals surface area contributed by atoms with E-state index in [1.54, 1.807) is 0 Å². The van der Waals surface area contributed by atoms with Gasteiger partial charge in [0.15, 0.2) is 0 Å². The van der Waals surface area contributed by atoms with Crippen LogP contribution in [0.2, 0.25) is 0 Å². The van der Waals surface area contributed by atoms with E-state index < -0.39 is 0 Å². The van der Waals surface area contributed by atoms with Crippen LogP contribution in [0.4, 0.5) is 0 Å². The number of likely N-dealkylation sites (N-methyl/N-ethyl adjacent to an activating group) is 1. The molecular formula is C10H19NO. The molecule has 0 aromatic rings. The van der Waals surface area contributed by atoms with Gasteiger partial charge in [-0.25, -0.2) is 0 Å². The maximum Gasteiger partial charge on any atom is 0.0936 e. The summed E-state index contributed by atoms with van der Waals surface area (Å²) in [6.07, 6.45) is 3.30. The molecule has 1 saturated heterocycles. The van der Waals surface area contributed by atoms with Crippen molar-refractivity contribution < 1.29 is 4.74 Å². The average molecular weight is 169 g/mol. The third kappa shape index (κ3) is 1.50. The van der Waals surface area contributed by atoms with Crippen LogP contribution in [0.1, 0.15) is 26.7 Å².